The molecular weight excluding hydrogens is 278 g/mol. The van der Waals surface area contributed by atoms with Gasteiger partial charge >= 0.3 is 0 Å². The molecule has 0 saturated carbocycles. The van der Waals surface area contributed by atoms with E-state index in [1.54, 1.807) is 13.2 Å². The molecule has 0 amide bonds. The van der Waals surface area contributed by atoms with E-state index < -0.39 is 0 Å². The van der Waals surface area contributed by atoms with Crippen LogP contribution in [0.3, 0.4) is 0 Å². The van der Waals surface area contributed by atoms with Crippen LogP contribution in [0.1, 0.15) is 30.0 Å². The number of nitrogens with zero attached hydrogens (tertiary/aromatic N) is 4. The van der Waals surface area contributed by atoms with Crippen LogP contribution in [-0.4, -0.2) is 27.1 Å². The van der Waals surface area contributed by atoms with E-state index in [1.807, 2.05) is 24.6 Å². The minimum absolute atomic E-state index is 0.285. The van der Waals surface area contributed by atoms with Gasteiger partial charge in [0.15, 0.2) is 0 Å². The Kier molecular flexibility index (Phi) is 4.57. The first-order valence-electron chi connectivity index (χ1n) is 6.41. The predicted octanol–water partition coefficient (Wildman–Crippen LogP) is 1.91. The fourth-order valence-electron chi connectivity index (χ4n) is 2.01. The third kappa shape index (κ3) is 2.91. The molecule has 7 heteroatoms. The van der Waals surface area contributed by atoms with Crippen molar-refractivity contribution < 1.29 is 4.74 Å². The standard InChI is InChI=1S/C13H18ClN5O/c1-4-19-11(13(14)8(2)18-19)7-9(15)10-5-6-12(20-3)17-16-10/h5-6,9H,4,7,15H2,1-3H3. The second kappa shape index (κ2) is 6.19. The number of methoxy groups -OCH3 is 1. The minimum Gasteiger partial charge on any atom is -0.480 e. The molecule has 1 atom stereocenters. The van der Waals surface area contributed by atoms with Crippen LogP contribution in [0.15, 0.2) is 12.1 Å². The molecule has 0 spiro atoms. The predicted molar refractivity (Wildman–Crippen MR) is 76.9 cm³/mol. The SMILES string of the molecule is CCn1nc(C)c(Cl)c1CC(N)c1ccc(OC)nn1. The molecule has 0 aliphatic rings. The molecule has 0 radical (unpaired) electrons. The highest BCUT2D eigenvalue weighted by Gasteiger charge is 2.17. The van der Waals surface area contributed by atoms with E-state index in [1.165, 1.54) is 0 Å². The Labute approximate surface area is 122 Å². The summed E-state index contributed by atoms with van der Waals surface area (Å²) in [7, 11) is 1.55. The summed E-state index contributed by atoms with van der Waals surface area (Å²) in [4.78, 5) is 0. The molecule has 6 nitrogen and oxygen atoms in total. The highest BCUT2D eigenvalue weighted by atomic mass is 35.5. The van der Waals surface area contributed by atoms with Gasteiger partial charge in [-0.15, -0.1) is 5.10 Å². The molecule has 20 heavy (non-hydrogen) atoms. The first-order valence-corrected chi connectivity index (χ1v) is 6.79. The Morgan fingerprint density at radius 2 is 2.15 bits per heavy atom. The number of rotatable bonds is 5. The number of ether oxygens (including phenoxy) is 1. The molecule has 0 aliphatic heterocycles. The van der Waals surface area contributed by atoms with Gasteiger partial charge in [0.2, 0.25) is 5.88 Å². The maximum atomic E-state index is 6.28. The summed E-state index contributed by atoms with van der Waals surface area (Å²) in [6.45, 7) is 4.66. The summed E-state index contributed by atoms with van der Waals surface area (Å²) in [5, 5.41) is 13.0. The molecule has 0 aliphatic carbocycles. The lowest BCUT2D eigenvalue weighted by atomic mass is 10.1. The molecule has 0 aromatic carbocycles. The Bertz CT molecular complexity index is 581. The van der Waals surface area contributed by atoms with Crippen molar-refractivity contribution in [3.8, 4) is 5.88 Å². The zero-order chi connectivity index (χ0) is 14.7. The van der Waals surface area contributed by atoms with Crippen molar-refractivity contribution in [1.82, 2.24) is 20.0 Å². The van der Waals surface area contributed by atoms with Gasteiger partial charge in [0.25, 0.3) is 0 Å². The zero-order valence-electron chi connectivity index (χ0n) is 11.8. The van der Waals surface area contributed by atoms with E-state index in [-0.39, 0.29) is 6.04 Å². The van der Waals surface area contributed by atoms with Crippen molar-refractivity contribution in [2.24, 2.45) is 5.73 Å². The molecule has 0 fully saturated rings. The lowest BCUT2D eigenvalue weighted by Crippen LogP contribution is -2.18. The van der Waals surface area contributed by atoms with Gasteiger partial charge in [-0.05, 0) is 19.9 Å². The summed E-state index contributed by atoms with van der Waals surface area (Å²) < 4.78 is 6.85. The Hall–Kier alpha value is -1.66. The summed E-state index contributed by atoms with van der Waals surface area (Å²) in [6.07, 6.45) is 0.564. The van der Waals surface area contributed by atoms with Gasteiger partial charge in [-0.3, -0.25) is 4.68 Å². The first kappa shape index (κ1) is 14.7. The van der Waals surface area contributed by atoms with Crippen molar-refractivity contribution in [2.45, 2.75) is 32.9 Å². The highest BCUT2D eigenvalue weighted by molar-refractivity contribution is 6.31. The number of halogens is 1. The van der Waals surface area contributed by atoms with Crippen molar-refractivity contribution >= 4 is 11.6 Å². The van der Waals surface area contributed by atoms with Crippen LogP contribution in [0.25, 0.3) is 0 Å². The summed E-state index contributed by atoms with van der Waals surface area (Å²) >= 11 is 6.28. The second-order valence-corrected chi connectivity index (χ2v) is 4.85. The third-order valence-corrected chi connectivity index (χ3v) is 3.61. The summed E-state index contributed by atoms with van der Waals surface area (Å²) in [6, 6.07) is 3.27. The van der Waals surface area contributed by atoms with Crippen molar-refractivity contribution in [3.63, 3.8) is 0 Å². The molecule has 0 saturated heterocycles. The van der Waals surface area contributed by atoms with Gasteiger partial charge in [-0.2, -0.15) is 10.2 Å². The largest absolute Gasteiger partial charge is 0.480 e. The molecule has 2 N–H and O–H groups in total. The lowest BCUT2D eigenvalue weighted by molar-refractivity contribution is 0.390. The Morgan fingerprint density at radius 1 is 1.40 bits per heavy atom. The quantitative estimate of drug-likeness (QED) is 0.911. The number of nitrogens with two attached hydrogens (primary N) is 1. The van der Waals surface area contributed by atoms with E-state index >= 15 is 0 Å². The van der Waals surface area contributed by atoms with Crippen LogP contribution in [0, 0.1) is 6.92 Å². The van der Waals surface area contributed by atoms with E-state index in [9.17, 15) is 0 Å². The molecular formula is C13H18ClN5O. The molecule has 2 aromatic rings. The Morgan fingerprint density at radius 3 is 2.70 bits per heavy atom. The van der Waals surface area contributed by atoms with Crippen molar-refractivity contribution in [3.05, 3.63) is 34.2 Å². The number of aryl methyl sites for hydroxylation is 2. The van der Waals surface area contributed by atoms with Crippen molar-refractivity contribution in [1.29, 1.82) is 0 Å². The normalized spacial score (nSPS) is 12.4. The average Bonchev–Trinajstić information content (AvgIpc) is 2.75. The van der Waals surface area contributed by atoms with Crippen LogP contribution in [0.4, 0.5) is 0 Å². The van der Waals surface area contributed by atoms with E-state index in [2.05, 4.69) is 15.3 Å². The lowest BCUT2D eigenvalue weighted by Gasteiger charge is -2.12. The maximum absolute atomic E-state index is 6.28. The first-order chi connectivity index (χ1) is 9.56. The number of hydrogen-bond acceptors (Lipinski definition) is 5. The summed E-state index contributed by atoms with van der Waals surface area (Å²) in [5.74, 6) is 0.466. The van der Waals surface area contributed by atoms with Gasteiger partial charge in [0, 0.05) is 19.0 Å². The minimum atomic E-state index is -0.285. The molecule has 2 heterocycles. The van der Waals surface area contributed by atoms with Crippen LogP contribution >= 0.6 is 11.6 Å². The molecule has 108 valence electrons. The Balaban J connectivity index is 2.20. The third-order valence-electron chi connectivity index (χ3n) is 3.12. The van der Waals surface area contributed by atoms with Crippen molar-refractivity contribution in [2.75, 3.05) is 7.11 Å². The number of aromatic nitrogens is 4. The van der Waals surface area contributed by atoms with Gasteiger partial charge in [-0.25, -0.2) is 0 Å². The molecule has 2 aromatic heterocycles. The van der Waals surface area contributed by atoms with Crippen LogP contribution < -0.4 is 10.5 Å². The topological polar surface area (TPSA) is 78.9 Å². The average molecular weight is 296 g/mol. The highest BCUT2D eigenvalue weighted by Crippen LogP contribution is 2.24. The molecule has 2 rings (SSSR count). The fraction of sp³-hybridized carbons (Fsp3) is 0.462. The smallest absolute Gasteiger partial charge is 0.233 e. The summed E-state index contributed by atoms with van der Waals surface area (Å²) in [5.41, 5.74) is 8.62. The zero-order valence-corrected chi connectivity index (χ0v) is 12.6. The van der Waals surface area contributed by atoms with Gasteiger partial charge < -0.3 is 10.5 Å². The van der Waals surface area contributed by atoms with Crippen LogP contribution in [0.2, 0.25) is 5.02 Å². The van der Waals surface area contributed by atoms with Gasteiger partial charge in [-0.1, -0.05) is 11.6 Å². The molecule has 0 bridgehead atoms. The van der Waals surface area contributed by atoms with Crippen LogP contribution in [0.5, 0.6) is 5.88 Å². The van der Waals surface area contributed by atoms with Gasteiger partial charge in [0.05, 0.1) is 35.3 Å². The second-order valence-electron chi connectivity index (χ2n) is 4.47. The monoisotopic (exact) mass is 295 g/mol. The van der Waals surface area contributed by atoms with E-state index in [0.717, 1.165) is 17.9 Å². The van der Waals surface area contributed by atoms with Gasteiger partial charge in [0.1, 0.15) is 0 Å². The van der Waals surface area contributed by atoms with E-state index in [4.69, 9.17) is 22.1 Å². The maximum Gasteiger partial charge on any atom is 0.233 e. The van der Waals surface area contributed by atoms with E-state index in [0.29, 0.717) is 23.0 Å². The fourth-order valence-corrected chi connectivity index (χ4v) is 2.23. The number of hydrogen-bond donors (Lipinski definition) is 1. The van der Waals surface area contributed by atoms with Crippen LogP contribution in [-0.2, 0) is 13.0 Å². The molecule has 1 unspecified atom stereocenters.